The molecule has 0 spiro atoms. The zero-order valence-electron chi connectivity index (χ0n) is 14.4. The van der Waals surface area contributed by atoms with Crippen LogP contribution in [0.1, 0.15) is 62.3 Å². The highest BCUT2D eigenvalue weighted by Gasteiger charge is 2.27. The molecule has 0 fully saturated rings. The molecule has 0 unspecified atom stereocenters. The first kappa shape index (κ1) is 17.1. The summed E-state index contributed by atoms with van der Waals surface area (Å²) in [5.41, 5.74) is -0.508. The number of carbonyl (C=O) groups excluding carboxylic acids is 2. The van der Waals surface area contributed by atoms with Gasteiger partial charge in [-0.05, 0) is 59.7 Å². The van der Waals surface area contributed by atoms with Crippen LogP contribution in [0.2, 0.25) is 0 Å². The highest BCUT2D eigenvalue weighted by atomic mass is 16.6. The highest BCUT2D eigenvalue weighted by Crippen LogP contribution is 2.25. The molecule has 5 heteroatoms. The molecular formula is C18H22O5. The molecule has 0 bridgehead atoms. The average Bonchev–Trinajstić information content (AvgIpc) is 2.79. The summed E-state index contributed by atoms with van der Waals surface area (Å²) in [7, 11) is 0. The lowest BCUT2D eigenvalue weighted by Gasteiger charge is -2.22. The lowest BCUT2D eigenvalue weighted by Crippen LogP contribution is -2.27. The molecule has 0 aliphatic carbocycles. The summed E-state index contributed by atoms with van der Waals surface area (Å²) >= 11 is 0. The lowest BCUT2D eigenvalue weighted by atomic mass is 10.0. The van der Waals surface area contributed by atoms with Crippen molar-refractivity contribution in [1.82, 2.24) is 0 Å². The van der Waals surface area contributed by atoms with Gasteiger partial charge in [-0.3, -0.25) is 0 Å². The van der Waals surface area contributed by atoms with Gasteiger partial charge in [-0.15, -0.1) is 0 Å². The summed E-state index contributed by atoms with van der Waals surface area (Å²) in [4.78, 5) is 24.9. The normalized spacial score (nSPS) is 12.3. The second-order valence-electron chi connectivity index (χ2n) is 7.36. The van der Waals surface area contributed by atoms with E-state index >= 15 is 0 Å². The molecule has 0 radical (unpaired) electrons. The van der Waals surface area contributed by atoms with Gasteiger partial charge in [-0.2, -0.15) is 0 Å². The van der Waals surface area contributed by atoms with E-state index in [-0.39, 0.29) is 11.1 Å². The Morgan fingerprint density at radius 1 is 0.870 bits per heavy atom. The molecule has 2 rings (SSSR count). The Hall–Kier alpha value is -2.30. The summed E-state index contributed by atoms with van der Waals surface area (Å²) in [5, 5.41) is 0.721. The lowest BCUT2D eigenvalue weighted by molar-refractivity contribution is 0.00189. The first-order valence-electron chi connectivity index (χ1n) is 7.44. The van der Waals surface area contributed by atoms with Crippen molar-refractivity contribution in [2.45, 2.75) is 52.7 Å². The number of hydrogen-bond acceptors (Lipinski definition) is 5. The first-order valence-corrected chi connectivity index (χ1v) is 7.44. The summed E-state index contributed by atoms with van der Waals surface area (Å²) in [6, 6.07) is 4.83. The number of ether oxygens (including phenoxy) is 2. The quantitative estimate of drug-likeness (QED) is 0.770. The molecular weight excluding hydrogens is 296 g/mol. The van der Waals surface area contributed by atoms with E-state index in [1.807, 2.05) is 0 Å². The molecule has 124 valence electrons. The van der Waals surface area contributed by atoms with Gasteiger partial charge in [-0.1, -0.05) is 0 Å². The fourth-order valence-electron chi connectivity index (χ4n) is 2.01. The van der Waals surface area contributed by atoms with Gasteiger partial charge in [0.2, 0.25) is 0 Å². The number of carbonyl (C=O) groups is 2. The predicted molar refractivity (Wildman–Crippen MR) is 86.6 cm³/mol. The number of fused-ring (bicyclic) bond motifs is 1. The molecule has 0 aliphatic heterocycles. The minimum Gasteiger partial charge on any atom is -0.464 e. The molecule has 0 amide bonds. The smallest absolute Gasteiger partial charge is 0.339 e. The van der Waals surface area contributed by atoms with E-state index < -0.39 is 23.1 Å². The number of rotatable bonds is 2. The summed E-state index contributed by atoms with van der Waals surface area (Å²) in [5.74, 6) is -1.15. The second kappa shape index (κ2) is 5.72. The maximum absolute atomic E-state index is 12.5. The van der Waals surface area contributed by atoms with Crippen molar-refractivity contribution in [1.29, 1.82) is 0 Å². The van der Waals surface area contributed by atoms with Gasteiger partial charge in [0, 0.05) is 5.39 Å². The number of esters is 2. The zero-order chi connectivity index (χ0) is 17.4. The van der Waals surface area contributed by atoms with Crippen molar-refractivity contribution in [2.24, 2.45) is 0 Å². The molecule has 0 N–H and O–H groups in total. The topological polar surface area (TPSA) is 65.7 Å². The molecule has 1 heterocycles. The monoisotopic (exact) mass is 318 g/mol. The molecule has 5 nitrogen and oxygen atoms in total. The van der Waals surface area contributed by atoms with Gasteiger partial charge < -0.3 is 13.9 Å². The van der Waals surface area contributed by atoms with Crippen LogP contribution in [0, 0.1) is 0 Å². The van der Waals surface area contributed by atoms with Crippen LogP contribution in [0.3, 0.4) is 0 Å². The van der Waals surface area contributed by atoms with Crippen LogP contribution in [-0.2, 0) is 9.47 Å². The van der Waals surface area contributed by atoms with Crippen LogP contribution in [0.4, 0.5) is 0 Å². The number of hydrogen-bond donors (Lipinski definition) is 0. The molecule has 2 aromatic rings. The Bertz CT molecular complexity index is 679. The minimum atomic E-state index is -0.666. The summed E-state index contributed by atoms with van der Waals surface area (Å²) < 4.78 is 16.1. The van der Waals surface area contributed by atoms with E-state index in [2.05, 4.69) is 0 Å². The number of benzene rings is 1. The SMILES string of the molecule is CC(C)(C)OC(=O)c1cc2ccoc2cc1C(=O)OC(C)(C)C. The van der Waals surface area contributed by atoms with Crippen LogP contribution in [0.25, 0.3) is 11.0 Å². The Kier molecular flexibility index (Phi) is 4.24. The third-order valence-electron chi connectivity index (χ3n) is 2.83. The van der Waals surface area contributed by atoms with Crippen LogP contribution in [-0.4, -0.2) is 23.1 Å². The predicted octanol–water partition coefficient (Wildman–Crippen LogP) is 4.34. The van der Waals surface area contributed by atoms with Crippen LogP contribution >= 0.6 is 0 Å². The molecule has 0 saturated carbocycles. The minimum absolute atomic E-state index is 0.136. The van der Waals surface area contributed by atoms with E-state index in [0.717, 1.165) is 5.39 Å². The van der Waals surface area contributed by atoms with Gasteiger partial charge >= 0.3 is 11.9 Å². The van der Waals surface area contributed by atoms with Gasteiger partial charge in [-0.25, -0.2) is 9.59 Å². The van der Waals surface area contributed by atoms with Crippen LogP contribution < -0.4 is 0 Å². The molecule has 1 aromatic heterocycles. The molecule has 1 aromatic carbocycles. The van der Waals surface area contributed by atoms with Gasteiger partial charge in [0.25, 0.3) is 0 Å². The van der Waals surface area contributed by atoms with E-state index in [1.165, 1.54) is 12.3 Å². The van der Waals surface area contributed by atoms with Crippen LogP contribution in [0.15, 0.2) is 28.9 Å². The van der Waals surface area contributed by atoms with Crippen molar-refractivity contribution in [2.75, 3.05) is 0 Å². The standard InChI is InChI=1S/C18H22O5/c1-17(2,3)22-15(19)12-9-11-7-8-21-14(11)10-13(12)16(20)23-18(4,5)6/h7-10H,1-6H3. The second-order valence-corrected chi connectivity index (χ2v) is 7.36. The van der Waals surface area contributed by atoms with Gasteiger partial charge in [0.1, 0.15) is 16.8 Å². The third-order valence-corrected chi connectivity index (χ3v) is 2.83. The molecule has 0 saturated heterocycles. The van der Waals surface area contributed by atoms with Crippen molar-refractivity contribution >= 4 is 22.9 Å². The van der Waals surface area contributed by atoms with Crippen molar-refractivity contribution < 1.29 is 23.5 Å². The first-order chi connectivity index (χ1) is 10.5. The average molecular weight is 318 g/mol. The largest absolute Gasteiger partial charge is 0.464 e. The van der Waals surface area contributed by atoms with Gasteiger partial charge in [0.05, 0.1) is 17.4 Å². The van der Waals surface area contributed by atoms with Crippen molar-refractivity contribution in [3.63, 3.8) is 0 Å². The summed E-state index contributed by atoms with van der Waals surface area (Å²) in [6.07, 6.45) is 1.50. The Morgan fingerprint density at radius 3 is 1.83 bits per heavy atom. The molecule has 0 aliphatic rings. The van der Waals surface area contributed by atoms with E-state index in [0.29, 0.717) is 5.58 Å². The third kappa shape index (κ3) is 4.34. The fourth-order valence-corrected chi connectivity index (χ4v) is 2.01. The maximum Gasteiger partial charge on any atom is 0.339 e. The van der Waals surface area contributed by atoms with E-state index in [1.54, 1.807) is 53.7 Å². The zero-order valence-corrected chi connectivity index (χ0v) is 14.4. The Morgan fingerprint density at radius 2 is 1.35 bits per heavy atom. The fraction of sp³-hybridized carbons (Fsp3) is 0.444. The molecule has 23 heavy (non-hydrogen) atoms. The maximum atomic E-state index is 12.5. The number of furan rings is 1. The Labute approximate surface area is 135 Å². The Balaban J connectivity index is 2.50. The van der Waals surface area contributed by atoms with Crippen molar-refractivity contribution in [3.05, 3.63) is 35.6 Å². The van der Waals surface area contributed by atoms with E-state index in [9.17, 15) is 9.59 Å². The van der Waals surface area contributed by atoms with E-state index in [4.69, 9.17) is 13.9 Å². The summed E-state index contributed by atoms with van der Waals surface area (Å²) in [6.45, 7) is 10.6. The highest BCUT2D eigenvalue weighted by molar-refractivity contribution is 6.06. The molecule has 0 atom stereocenters. The van der Waals surface area contributed by atoms with Crippen molar-refractivity contribution in [3.8, 4) is 0 Å². The van der Waals surface area contributed by atoms with Gasteiger partial charge in [0.15, 0.2) is 0 Å². The van der Waals surface area contributed by atoms with Crippen LogP contribution in [0.5, 0.6) is 0 Å².